The van der Waals surface area contributed by atoms with E-state index in [2.05, 4.69) is 9.68 Å². The number of rotatable bonds is 2. The lowest BCUT2D eigenvalue weighted by Crippen LogP contribution is -2.23. The van der Waals surface area contributed by atoms with Crippen LogP contribution in [0.15, 0.2) is 21.4 Å². The second kappa shape index (κ2) is 5.87. The Morgan fingerprint density at radius 1 is 1.45 bits per heavy atom. The highest BCUT2D eigenvalue weighted by molar-refractivity contribution is 7.93. The number of fused-ring (bicyclic) bond motifs is 1. The number of amides is 1. The fourth-order valence-corrected chi connectivity index (χ4v) is 3.69. The molecule has 2 rings (SSSR count). The highest BCUT2D eigenvalue weighted by atomic mass is 32.2. The Morgan fingerprint density at radius 2 is 2.14 bits per heavy atom. The first kappa shape index (κ1) is 16.7. The van der Waals surface area contributed by atoms with Gasteiger partial charge in [0.2, 0.25) is 0 Å². The zero-order valence-corrected chi connectivity index (χ0v) is 14.1. The number of ether oxygens (including phenoxy) is 1. The molecule has 0 saturated carbocycles. The van der Waals surface area contributed by atoms with Crippen molar-refractivity contribution in [3.63, 3.8) is 0 Å². The maximum Gasteiger partial charge on any atom is 0.442 e. The molecule has 7 heteroatoms. The van der Waals surface area contributed by atoms with Gasteiger partial charge in [0, 0.05) is 18.0 Å². The van der Waals surface area contributed by atoms with Crippen LogP contribution in [0.4, 0.5) is 14.9 Å². The summed E-state index contributed by atoms with van der Waals surface area (Å²) in [7, 11) is -3.19. The number of carbonyl (C=O) groups excluding carboxylic acids is 1. The van der Waals surface area contributed by atoms with Gasteiger partial charge in [-0.05, 0) is 44.9 Å². The number of nitrogens with zero attached hydrogens (tertiary/aromatic N) is 1. The third kappa shape index (κ3) is 3.58. The van der Waals surface area contributed by atoms with Gasteiger partial charge in [-0.2, -0.15) is 0 Å². The van der Waals surface area contributed by atoms with Crippen molar-refractivity contribution in [1.29, 1.82) is 0 Å². The molecule has 1 atom stereocenters. The van der Waals surface area contributed by atoms with E-state index in [0.29, 0.717) is 0 Å². The maximum absolute atomic E-state index is 14.3. The predicted molar refractivity (Wildman–Crippen MR) is 84.2 cm³/mol. The van der Waals surface area contributed by atoms with Gasteiger partial charge in [0.1, 0.15) is 11.4 Å². The summed E-state index contributed by atoms with van der Waals surface area (Å²) in [6, 6.07) is 2.86. The van der Waals surface area contributed by atoms with Crippen LogP contribution in [0.1, 0.15) is 33.3 Å². The van der Waals surface area contributed by atoms with Crippen LogP contribution < -0.4 is 5.32 Å². The maximum atomic E-state index is 14.3. The minimum absolute atomic E-state index is 0.0297. The van der Waals surface area contributed by atoms with Crippen LogP contribution in [0.5, 0.6) is 0 Å². The number of halogens is 1. The molecule has 0 spiro atoms. The number of hydrogen-bond acceptors (Lipinski definition) is 4. The number of anilines is 1. The number of hydrogen-bond donors (Lipinski definition) is 1. The lowest BCUT2D eigenvalue weighted by atomic mass is 10.2. The first-order chi connectivity index (χ1) is 10.1. The first-order valence-corrected chi connectivity index (χ1v) is 8.87. The van der Waals surface area contributed by atoms with Gasteiger partial charge in [0.25, 0.3) is 0 Å². The quantitative estimate of drug-likeness (QED) is 0.901. The van der Waals surface area contributed by atoms with Gasteiger partial charge in [-0.3, -0.25) is 0 Å². The molecule has 0 saturated heterocycles. The zero-order valence-electron chi connectivity index (χ0n) is 13.2. The predicted octanol–water partition coefficient (Wildman–Crippen LogP) is 3.58. The summed E-state index contributed by atoms with van der Waals surface area (Å²) in [5.74, 6) is -0.566. The van der Waals surface area contributed by atoms with Gasteiger partial charge in [-0.1, -0.05) is 6.92 Å². The highest BCUT2D eigenvalue weighted by Crippen LogP contribution is 2.29. The van der Waals surface area contributed by atoms with Crippen molar-refractivity contribution in [2.45, 2.75) is 44.6 Å². The molecule has 1 aliphatic rings. The molecule has 0 aromatic heterocycles. The summed E-state index contributed by atoms with van der Waals surface area (Å²) in [5.41, 5.74) is 0.848. The fraction of sp³-hybridized carbons (Fsp3) is 0.533. The molecule has 0 aliphatic carbocycles. The Kier molecular flexibility index (Phi) is 4.47. The Bertz CT molecular complexity index is 716. The zero-order chi connectivity index (χ0) is 16.5. The molecule has 1 N–H and O–H groups in total. The van der Waals surface area contributed by atoms with Crippen LogP contribution in [-0.2, 0) is 20.9 Å². The Morgan fingerprint density at radius 3 is 2.73 bits per heavy atom. The van der Waals surface area contributed by atoms with Crippen molar-refractivity contribution >= 4 is 21.5 Å². The average Bonchev–Trinajstić information content (AvgIpc) is 2.82. The number of benzene rings is 1. The van der Waals surface area contributed by atoms with Crippen molar-refractivity contribution in [3.05, 3.63) is 23.5 Å². The summed E-state index contributed by atoms with van der Waals surface area (Å²) in [5, 5.41) is 3.11. The van der Waals surface area contributed by atoms with Crippen LogP contribution in [0, 0.1) is 5.82 Å². The Hall–Kier alpha value is -1.63. The smallest absolute Gasteiger partial charge is 0.442 e. The largest absolute Gasteiger partial charge is 0.442 e. The van der Waals surface area contributed by atoms with Crippen LogP contribution >= 0.6 is 0 Å². The van der Waals surface area contributed by atoms with Gasteiger partial charge >= 0.3 is 6.09 Å². The Labute approximate surface area is 130 Å². The summed E-state index contributed by atoms with van der Waals surface area (Å²) in [6.07, 6.45) is -0.213. The van der Waals surface area contributed by atoms with E-state index in [-0.39, 0.29) is 10.6 Å². The molecule has 1 aromatic carbocycles. The molecule has 0 bridgehead atoms. The lowest BCUT2D eigenvalue weighted by Gasteiger charge is -2.18. The molecule has 22 heavy (non-hydrogen) atoms. The van der Waals surface area contributed by atoms with E-state index < -0.39 is 27.2 Å². The van der Waals surface area contributed by atoms with Crippen molar-refractivity contribution in [2.24, 2.45) is 4.36 Å². The summed E-state index contributed by atoms with van der Waals surface area (Å²) >= 11 is 0. The number of nitrogens with one attached hydrogen (secondary N) is 1. The van der Waals surface area contributed by atoms with Crippen LogP contribution in [0.25, 0.3) is 0 Å². The standard InChI is InChI=1S/C15H21FN2O3S/c1-5-22(20,18-14(19)21-15(2,3)4)13-9-12-10(6-7-17-12)8-11(13)16/h8-9,17H,5-7H2,1-4H3. The van der Waals surface area contributed by atoms with Gasteiger partial charge in [0.05, 0.1) is 14.6 Å². The van der Waals surface area contributed by atoms with Crippen molar-refractivity contribution in [3.8, 4) is 0 Å². The minimum Gasteiger partial charge on any atom is -0.442 e. The second-order valence-corrected chi connectivity index (χ2v) is 8.60. The van der Waals surface area contributed by atoms with Gasteiger partial charge in [-0.25, -0.2) is 13.4 Å². The second-order valence-electron chi connectivity index (χ2n) is 6.12. The highest BCUT2D eigenvalue weighted by Gasteiger charge is 2.24. The molecule has 0 radical (unpaired) electrons. The summed E-state index contributed by atoms with van der Waals surface area (Å²) in [6.45, 7) is 7.39. The van der Waals surface area contributed by atoms with Crippen molar-refractivity contribution < 1.29 is 18.1 Å². The number of carbonyl (C=O) groups is 1. The van der Waals surface area contributed by atoms with E-state index in [1.54, 1.807) is 27.7 Å². The fourth-order valence-electron chi connectivity index (χ4n) is 2.21. The molecule has 122 valence electrons. The minimum atomic E-state index is -3.19. The van der Waals surface area contributed by atoms with Crippen LogP contribution in [-0.4, -0.2) is 28.2 Å². The van der Waals surface area contributed by atoms with Crippen molar-refractivity contribution in [2.75, 3.05) is 17.6 Å². The van der Waals surface area contributed by atoms with Gasteiger partial charge in [0.15, 0.2) is 0 Å². The van der Waals surface area contributed by atoms with Crippen molar-refractivity contribution in [1.82, 2.24) is 0 Å². The molecule has 1 heterocycles. The van der Waals surface area contributed by atoms with E-state index in [0.717, 1.165) is 24.2 Å². The van der Waals surface area contributed by atoms with E-state index in [1.807, 2.05) is 0 Å². The molecular weight excluding hydrogens is 307 g/mol. The Balaban J connectivity index is 2.47. The first-order valence-electron chi connectivity index (χ1n) is 7.19. The van der Waals surface area contributed by atoms with E-state index in [9.17, 15) is 13.4 Å². The summed E-state index contributed by atoms with van der Waals surface area (Å²) < 4.78 is 36.0. The monoisotopic (exact) mass is 328 g/mol. The third-order valence-electron chi connectivity index (χ3n) is 3.22. The third-order valence-corrected chi connectivity index (χ3v) is 5.44. The van der Waals surface area contributed by atoms with E-state index in [4.69, 9.17) is 4.74 Å². The van der Waals surface area contributed by atoms with Crippen LogP contribution in [0.3, 0.4) is 0 Å². The topological polar surface area (TPSA) is 67.8 Å². The molecular formula is C15H21FN2O3S. The molecule has 1 amide bonds. The van der Waals surface area contributed by atoms with Gasteiger partial charge < -0.3 is 10.1 Å². The molecule has 1 aromatic rings. The lowest BCUT2D eigenvalue weighted by molar-refractivity contribution is 0.0607. The SMILES string of the molecule is CCS(=O)(=NC(=O)OC(C)(C)C)c1cc2c(cc1F)CCN2. The molecule has 5 nitrogen and oxygen atoms in total. The molecule has 1 unspecified atom stereocenters. The normalized spacial score (nSPS) is 16.4. The van der Waals surface area contributed by atoms with Crippen LogP contribution in [0.2, 0.25) is 0 Å². The molecule has 0 fully saturated rings. The average molecular weight is 328 g/mol. The van der Waals surface area contributed by atoms with E-state index in [1.165, 1.54) is 12.1 Å². The molecule has 1 aliphatic heterocycles. The summed E-state index contributed by atoms with van der Waals surface area (Å²) in [4.78, 5) is 11.8. The van der Waals surface area contributed by atoms with E-state index >= 15 is 0 Å². The van der Waals surface area contributed by atoms with Gasteiger partial charge in [-0.15, -0.1) is 4.36 Å².